The number of rotatable bonds is 3. The predicted molar refractivity (Wildman–Crippen MR) is 109 cm³/mol. The molecule has 0 saturated carbocycles. The van der Waals surface area contributed by atoms with Gasteiger partial charge in [-0.25, -0.2) is 12.8 Å². The average molecular weight is 395 g/mol. The maximum absolute atomic E-state index is 14.4. The third-order valence-corrected chi connectivity index (χ3v) is 5.04. The molecule has 1 aliphatic rings. The molecule has 0 unspecified atom stereocenters. The van der Waals surface area contributed by atoms with E-state index in [1.807, 2.05) is 42.5 Å². The van der Waals surface area contributed by atoms with Crippen molar-refractivity contribution in [2.75, 3.05) is 11.0 Å². The van der Waals surface area contributed by atoms with Crippen LogP contribution in [-0.2, 0) is 16.6 Å². The SMILES string of the molecule is CS(=O)(=O)Nc1cccc(C=C2c3ccccc3COc3c(F)cccc32)c1. The molecule has 0 bridgehead atoms. The van der Waals surface area contributed by atoms with Crippen LogP contribution in [0.4, 0.5) is 10.1 Å². The first-order valence-corrected chi connectivity index (χ1v) is 10.6. The van der Waals surface area contributed by atoms with Crippen molar-refractivity contribution in [1.82, 2.24) is 0 Å². The number of ether oxygens (including phenoxy) is 1. The highest BCUT2D eigenvalue weighted by molar-refractivity contribution is 7.92. The molecule has 0 fully saturated rings. The molecule has 6 heteroatoms. The van der Waals surface area contributed by atoms with Crippen LogP contribution >= 0.6 is 0 Å². The molecule has 0 saturated heterocycles. The van der Waals surface area contributed by atoms with Gasteiger partial charge in [-0.1, -0.05) is 48.5 Å². The fourth-order valence-corrected chi connectivity index (χ4v) is 3.85. The maximum atomic E-state index is 14.4. The van der Waals surface area contributed by atoms with E-state index in [1.54, 1.807) is 24.3 Å². The van der Waals surface area contributed by atoms with E-state index >= 15 is 0 Å². The first kappa shape index (κ1) is 18.3. The molecule has 3 aromatic carbocycles. The summed E-state index contributed by atoms with van der Waals surface area (Å²) in [5.41, 5.74) is 4.64. The molecule has 142 valence electrons. The van der Waals surface area contributed by atoms with Crippen LogP contribution in [0.2, 0.25) is 0 Å². The summed E-state index contributed by atoms with van der Waals surface area (Å²) in [7, 11) is -3.38. The second kappa shape index (κ2) is 7.13. The Kier molecular flexibility index (Phi) is 4.65. The number of hydrogen-bond acceptors (Lipinski definition) is 3. The minimum Gasteiger partial charge on any atom is -0.485 e. The van der Waals surface area contributed by atoms with Crippen molar-refractivity contribution in [2.45, 2.75) is 6.61 Å². The Hall–Kier alpha value is -3.12. The van der Waals surface area contributed by atoms with Gasteiger partial charge in [0.05, 0.1) is 6.26 Å². The second-order valence-corrected chi connectivity index (χ2v) is 8.37. The van der Waals surface area contributed by atoms with E-state index in [0.717, 1.165) is 28.5 Å². The van der Waals surface area contributed by atoms with Gasteiger partial charge in [-0.05, 0) is 46.5 Å². The summed E-state index contributed by atoms with van der Waals surface area (Å²) >= 11 is 0. The highest BCUT2D eigenvalue weighted by Crippen LogP contribution is 2.39. The lowest BCUT2D eigenvalue weighted by Gasteiger charge is -2.12. The van der Waals surface area contributed by atoms with E-state index in [4.69, 9.17) is 4.74 Å². The maximum Gasteiger partial charge on any atom is 0.229 e. The van der Waals surface area contributed by atoms with Crippen molar-refractivity contribution in [3.8, 4) is 5.75 Å². The number of benzene rings is 3. The Labute approximate surface area is 163 Å². The third-order valence-electron chi connectivity index (χ3n) is 4.44. The smallest absolute Gasteiger partial charge is 0.229 e. The first-order valence-electron chi connectivity index (χ1n) is 8.70. The molecule has 0 amide bonds. The van der Waals surface area contributed by atoms with Crippen LogP contribution in [0.15, 0.2) is 66.7 Å². The molecule has 3 aromatic rings. The van der Waals surface area contributed by atoms with Crippen molar-refractivity contribution in [2.24, 2.45) is 0 Å². The average Bonchev–Trinajstić information content (AvgIpc) is 2.79. The van der Waals surface area contributed by atoms with Crippen molar-refractivity contribution in [3.05, 3.63) is 94.8 Å². The summed E-state index contributed by atoms with van der Waals surface area (Å²) in [6.07, 6.45) is 3.02. The predicted octanol–water partition coefficient (Wildman–Crippen LogP) is 4.68. The number of para-hydroxylation sites is 1. The standard InChI is InChI=1S/C22H18FNO3S/c1-28(25,26)24-17-8-4-6-15(12-17)13-20-18-9-3-2-7-16(18)14-27-22-19(20)10-5-11-21(22)23/h2-13,24H,14H2,1H3. The van der Waals surface area contributed by atoms with Crippen molar-refractivity contribution >= 4 is 27.4 Å². The summed E-state index contributed by atoms with van der Waals surface area (Å²) in [5.74, 6) is -0.195. The monoisotopic (exact) mass is 395 g/mol. The van der Waals surface area contributed by atoms with Gasteiger partial charge in [-0.3, -0.25) is 4.72 Å². The number of hydrogen-bond donors (Lipinski definition) is 1. The minimum absolute atomic E-state index is 0.218. The summed E-state index contributed by atoms with van der Waals surface area (Å²) in [6.45, 7) is 0.275. The van der Waals surface area contributed by atoms with Crippen LogP contribution in [0.5, 0.6) is 5.75 Å². The lowest BCUT2D eigenvalue weighted by molar-refractivity contribution is 0.291. The molecular weight excluding hydrogens is 377 g/mol. The van der Waals surface area contributed by atoms with Gasteiger partial charge in [-0.15, -0.1) is 0 Å². The van der Waals surface area contributed by atoms with E-state index in [0.29, 0.717) is 11.3 Å². The zero-order valence-electron chi connectivity index (χ0n) is 15.1. The van der Waals surface area contributed by atoms with Crippen molar-refractivity contribution in [3.63, 3.8) is 0 Å². The Morgan fingerprint density at radius 1 is 1.00 bits per heavy atom. The van der Waals surface area contributed by atoms with E-state index in [9.17, 15) is 12.8 Å². The molecule has 0 aliphatic carbocycles. The quantitative estimate of drug-likeness (QED) is 0.701. The number of sulfonamides is 1. The van der Waals surface area contributed by atoms with Gasteiger partial charge >= 0.3 is 0 Å². The highest BCUT2D eigenvalue weighted by Gasteiger charge is 2.21. The van der Waals surface area contributed by atoms with E-state index < -0.39 is 15.8 Å². The van der Waals surface area contributed by atoms with Crippen LogP contribution in [0, 0.1) is 5.82 Å². The lowest BCUT2D eigenvalue weighted by Crippen LogP contribution is -2.09. The molecule has 4 rings (SSSR count). The molecule has 0 atom stereocenters. The van der Waals surface area contributed by atoms with Crippen molar-refractivity contribution < 1.29 is 17.5 Å². The molecule has 0 spiro atoms. The summed E-state index contributed by atoms with van der Waals surface area (Å²) in [4.78, 5) is 0. The zero-order valence-corrected chi connectivity index (χ0v) is 16.0. The summed E-state index contributed by atoms with van der Waals surface area (Å²) in [5, 5.41) is 0. The van der Waals surface area contributed by atoms with Crippen LogP contribution in [0.25, 0.3) is 11.6 Å². The van der Waals surface area contributed by atoms with Gasteiger partial charge in [-0.2, -0.15) is 0 Å². The van der Waals surface area contributed by atoms with Gasteiger partial charge in [0.2, 0.25) is 10.0 Å². The molecule has 0 radical (unpaired) electrons. The topological polar surface area (TPSA) is 55.4 Å². The van der Waals surface area contributed by atoms with Crippen molar-refractivity contribution in [1.29, 1.82) is 0 Å². The van der Waals surface area contributed by atoms with Gasteiger partial charge in [0.15, 0.2) is 11.6 Å². The molecular formula is C22H18FNO3S. The Morgan fingerprint density at radius 2 is 1.75 bits per heavy atom. The fraction of sp³-hybridized carbons (Fsp3) is 0.0909. The van der Waals surface area contributed by atoms with Crippen LogP contribution in [0.1, 0.15) is 22.3 Å². The van der Waals surface area contributed by atoms with Crippen LogP contribution < -0.4 is 9.46 Å². The van der Waals surface area contributed by atoms with E-state index in [1.165, 1.54) is 6.07 Å². The molecule has 1 aliphatic heterocycles. The Bertz CT molecular complexity index is 1190. The van der Waals surface area contributed by atoms with Gasteiger partial charge in [0, 0.05) is 11.3 Å². The highest BCUT2D eigenvalue weighted by atomic mass is 32.2. The fourth-order valence-electron chi connectivity index (χ4n) is 3.30. The number of anilines is 1. The van der Waals surface area contributed by atoms with Crippen LogP contribution in [-0.4, -0.2) is 14.7 Å². The molecule has 28 heavy (non-hydrogen) atoms. The Balaban J connectivity index is 1.89. The number of halogens is 1. The molecule has 1 heterocycles. The molecule has 1 N–H and O–H groups in total. The summed E-state index contributed by atoms with van der Waals surface area (Å²) in [6, 6.07) is 19.7. The molecule has 4 nitrogen and oxygen atoms in total. The summed E-state index contributed by atoms with van der Waals surface area (Å²) < 4.78 is 45.7. The van der Waals surface area contributed by atoms with E-state index in [2.05, 4.69) is 4.72 Å². The van der Waals surface area contributed by atoms with E-state index in [-0.39, 0.29) is 12.4 Å². The Morgan fingerprint density at radius 3 is 2.57 bits per heavy atom. The lowest BCUT2D eigenvalue weighted by atomic mass is 9.92. The number of nitrogens with one attached hydrogen (secondary N) is 1. The third kappa shape index (κ3) is 3.77. The van der Waals surface area contributed by atoms with Gasteiger partial charge in [0.1, 0.15) is 6.61 Å². The normalized spacial score (nSPS) is 14.6. The van der Waals surface area contributed by atoms with Crippen LogP contribution in [0.3, 0.4) is 0 Å². The minimum atomic E-state index is -3.38. The van der Waals surface area contributed by atoms with Gasteiger partial charge in [0.25, 0.3) is 0 Å². The largest absolute Gasteiger partial charge is 0.485 e. The zero-order chi connectivity index (χ0) is 19.7. The number of fused-ring (bicyclic) bond motifs is 2. The van der Waals surface area contributed by atoms with Gasteiger partial charge < -0.3 is 4.74 Å². The first-order chi connectivity index (χ1) is 13.4. The molecule has 0 aromatic heterocycles. The second-order valence-electron chi connectivity index (χ2n) is 6.62.